The van der Waals surface area contributed by atoms with E-state index in [1.165, 1.54) is 0 Å². The van der Waals surface area contributed by atoms with Crippen molar-refractivity contribution in [1.82, 2.24) is 0 Å². The fourth-order valence-electron chi connectivity index (χ4n) is 1.66. The number of carboxylic acid groups (broad SMARTS) is 2. The van der Waals surface area contributed by atoms with Gasteiger partial charge in [0.1, 0.15) is 0 Å². The fourth-order valence-corrected chi connectivity index (χ4v) is 1.66. The third kappa shape index (κ3) is 58.9. The molecule has 0 heterocycles. The fraction of sp³-hybridized carbons (Fsp3) is 0.875. The minimum atomic E-state index is -0.677. The van der Waals surface area contributed by atoms with Crippen molar-refractivity contribution >= 4 is 11.9 Å². The van der Waals surface area contributed by atoms with E-state index in [-0.39, 0.29) is 69.4 Å². The molecule has 136 valence electrons. The monoisotopic (exact) mass is 512 g/mol. The molecule has 0 radical (unpaired) electrons. The van der Waals surface area contributed by atoms with Gasteiger partial charge in [-0.15, -0.1) is 0 Å². The topological polar surface area (TPSA) is 132 Å². The zero-order chi connectivity index (χ0) is 16.0. The molecule has 0 aliphatic rings. The predicted molar refractivity (Wildman–Crippen MR) is 83.3 cm³/mol. The third-order valence-corrected chi connectivity index (χ3v) is 2.84. The molecule has 0 aromatic carbocycles. The van der Waals surface area contributed by atoms with Gasteiger partial charge >= 0.3 is 70.4 Å². The molecule has 25 heavy (non-hydrogen) atoms. The van der Waals surface area contributed by atoms with Gasteiger partial charge in [-0.1, -0.05) is 53.4 Å². The van der Waals surface area contributed by atoms with Gasteiger partial charge in [0.15, 0.2) is 0 Å². The van der Waals surface area contributed by atoms with Crippen LogP contribution in [0, 0.1) is 11.8 Å². The van der Waals surface area contributed by atoms with Crippen LogP contribution < -0.4 is 0 Å². The quantitative estimate of drug-likeness (QED) is 0.330. The summed E-state index contributed by atoms with van der Waals surface area (Å²) in [7, 11) is 0. The van der Waals surface area contributed by atoms with E-state index in [0.29, 0.717) is 24.7 Å². The van der Waals surface area contributed by atoms with Gasteiger partial charge in [-0.2, -0.15) is 0 Å². The van der Waals surface area contributed by atoms with Crippen LogP contribution in [0.5, 0.6) is 0 Å². The van der Waals surface area contributed by atoms with Crippen molar-refractivity contribution in [2.45, 2.75) is 79.1 Å². The largest absolute Gasteiger partial charge is 2.00 e. The van der Waals surface area contributed by atoms with E-state index in [1.807, 2.05) is 0 Å². The van der Waals surface area contributed by atoms with E-state index in [1.54, 1.807) is 0 Å². The maximum atomic E-state index is 10.0. The standard InChI is InChI=1S/2C8H16O2.2O.3Zn/c2*1-7(2)5-3-4-6-8(9)10;;;;;/h2*7H,3-6H2,1-2H3,(H,9,10);;;;;/q;;2*-2;3*+2. The zero-order valence-electron chi connectivity index (χ0n) is 16.5. The Kier molecular flexibility index (Phi) is 58.1. The Morgan fingerprint density at radius 3 is 1.04 bits per heavy atom. The summed E-state index contributed by atoms with van der Waals surface area (Å²) in [4.78, 5) is 20.1. The van der Waals surface area contributed by atoms with Crippen molar-refractivity contribution in [3.8, 4) is 0 Å². The molecule has 9 heteroatoms. The molecule has 0 saturated heterocycles. The maximum absolute atomic E-state index is 10.0. The molecule has 0 saturated carbocycles. The van der Waals surface area contributed by atoms with Crippen LogP contribution in [0.25, 0.3) is 0 Å². The van der Waals surface area contributed by atoms with Gasteiger partial charge in [-0.3, -0.25) is 9.59 Å². The Balaban J connectivity index is -0.0000000432. The number of carbonyl (C=O) groups is 2. The normalized spacial score (nSPS) is 8.24. The zero-order valence-corrected chi connectivity index (χ0v) is 25.4. The molecule has 0 spiro atoms. The van der Waals surface area contributed by atoms with Crippen LogP contribution >= 0.6 is 0 Å². The van der Waals surface area contributed by atoms with E-state index in [9.17, 15) is 9.59 Å². The smallest absolute Gasteiger partial charge is 2.00 e. The van der Waals surface area contributed by atoms with Gasteiger partial charge < -0.3 is 21.2 Å². The Morgan fingerprint density at radius 1 is 0.640 bits per heavy atom. The molecule has 0 amide bonds. The summed E-state index contributed by atoms with van der Waals surface area (Å²) >= 11 is 0. The van der Waals surface area contributed by atoms with Crippen LogP contribution in [0.2, 0.25) is 0 Å². The molecular formula is C16H32O6Zn3+2. The second-order valence-corrected chi connectivity index (χ2v) is 6.07. The van der Waals surface area contributed by atoms with Crippen LogP contribution in [-0.2, 0) is 79.0 Å². The Labute approximate surface area is 191 Å². The van der Waals surface area contributed by atoms with Crippen LogP contribution in [0.15, 0.2) is 0 Å². The summed E-state index contributed by atoms with van der Waals surface area (Å²) in [5, 5.41) is 16.6. The van der Waals surface area contributed by atoms with E-state index in [2.05, 4.69) is 27.7 Å². The molecular weight excluding hydrogens is 484 g/mol. The van der Waals surface area contributed by atoms with Crippen molar-refractivity contribution in [3.05, 3.63) is 0 Å². The van der Waals surface area contributed by atoms with Gasteiger partial charge in [0.25, 0.3) is 0 Å². The first-order valence-corrected chi connectivity index (χ1v) is 7.69. The average molecular weight is 517 g/mol. The van der Waals surface area contributed by atoms with Crippen molar-refractivity contribution in [3.63, 3.8) is 0 Å². The van der Waals surface area contributed by atoms with Crippen LogP contribution in [0.1, 0.15) is 79.1 Å². The molecule has 6 nitrogen and oxygen atoms in total. The van der Waals surface area contributed by atoms with Gasteiger partial charge in [0.2, 0.25) is 0 Å². The molecule has 0 aliphatic heterocycles. The number of rotatable bonds is 10. The van der Waals surface area contributed by atoms with Crippen LogP contribution in [-0.4, -0.2) is 22.2 Å². The van der Waals surface area contributed by atoms with Crippen LogP contribution in [0.4, 0.5) is 0 Å². The van der Waals surface area contributed by atoms with Gasteiger partial charge in [-0.25, -0.2) is 0 Å². The summed E-state index contributed by atoms with van der Waals surface area (Å²) in [6, 6.07) is 0. The molecule has 2 N–H and O–H groups in total. The van der Waals surface area contributed by atoms with Gasteiger partial charge in [0, 0.05) is 12.8 Å². The average Bonchev–Trinajstić information content (AvgIpc) is 2.30. The first-order valence-electron chi connectivity index (χ1n) is 7.69. The summed E-state index contributed by atoms with van der Waals surface area (Å²) in [5.74, 6) is 0.0510. The molecule has 0 aliphatic carbocycles. The first kappa shape index (κ1) is 44.9. The number of hydrogen-bond acceptors (Lipinski definition) is 2. The van der Waals surface area contributed by atoms with Gasteiger partial charge in [0.05, 0.1) is 0 Å². The minimum Gasteiger partial charge on any atom is -2.00 e. The summed E-state index contributed by atoms with van der Waals surface area (Å²) in [6.45, 7) is 8.61. The third-order valence-electron chi connectivity index (χ3n) is 2.84. The maximum Gasteiger partial charge on any atom is 2.00 e. The Bertz CT molecular complexity index is 238. The van der Waals surface area contributed by atoms with Crippen molar-refractivity contribution < 1.29 is 89.2 Å². The number of aliphatic carboxylic acids is 2. The first-order chi connectivity index (χ1) is 9.25. The molecule has 0 aromatic rings. The Morgan fingerprint density at radius 2 is 0.880 bits per heavy atom. The van der Waals surface area contributed by atoms with Crippen molar-refractivity contribution in [1.29, 1.82) is 0 Å². The number of unbranched alkanes of at least 4 members (excludes halogenated alkanes) is 2. The molecule has 0 atom stereocenters. The van der Waals surface area contributed by atoms with E-state index < -0.39 is 11.9 Å². The predicted octanol–water partition coefficient (Wildman–Crippen LogP) is 4.33. The second-order valence-electron chi connectivity index (χ2n) is 6.07. The van der Waals surface area contributed by atoms with E-state index in [0.717, 1.165) is 38.5 Å². The minimum absolute atomic E-state index is 0. The molecule has 0 bridgehead atoms. The van der Waals surface area contributed by atoms with Crippen LogP contribution in [0.3, 0.4) is 0 Å². The number of hydrogen-bond donors (Lipinski definition) is 2. The Hall–Kier alpha value is 0.730. The number of carboxylic acids is 2. The molecule has 0 rings (SSSR count). The SMILES string of the molecule is CC(C)CCCCC(=O)O.CC(C)CCCCC(=O)O.[O-2].[O-2].[Zn+2].[Zn+2].[Zn+2]. The van der Waals surface area contributed by atoms with Gasteiger partial charge in [-0.05, 0) is 24.7 Å². The second kappa shape index (κ2) is 32.4. The van der Waals surface area contributed by atoms with Crippen molar-refractivity contribution in [2.75, 3.05) is 0 Å². The van der Waals surface area contributed by atoms with Crippen molar-refractivity contribution in [2.24, 2.45) is 11.8 Å². The summed E-state index contributed by atoms with van der Waals surface area (Å²) in [5.41, 5.74) is 0. The molecule has 0 fully saturated rings. The molecule has 0 aromatic heterocycles. The summed E-state index contributed by atoms with van der Waals surface area (Å²) in [6.07, 6.45) is 6.69. The van der Waals surface area contributed by atoms with E-state index in [4.69, 9.17) is 10.2 Å². The molecule has 0 unspecified atom stereocenters. The van der Waals surface area contributed by atoms with E-state index >= 15 is 0 Å². The summed E-state index contributed by atoms with van der Waals surface area (Å²) < 4.78 is 0.